The molecule has 1 aliphatic carbocycles. The van der Waals surface area contributed by atoms with Crippen LogP contribution in [0.25, 0.3) is 0 Å². The summed E-state index contributed by atoms with van der Waals surface area (Å²) >= 11 is 0. The maximum atomic E-state index is 11.4. The maximum Gasteiger partial charge on any atom is 0.219 e. The lowest BCUT2D eigenvalue weighted by molar-refractivity contribution is -0.121. The monoisotopic (exact) mass is 233 g/mol. The molecule has 0 saturated carbocycles. The van der Waals surface area contributed by atoms with Gasteiger partial charge in [-0.25, -0.2) is 0 Å². The second-order valence-electron chi connectivity index (χ2n) is 4.46. The minimum absolute atomic E-state index is 0.140. The summed E-state index contributed by atoms with van der Waals surface area (Å²) in [6, 6.07) is 6.43. The molecule has 0 aliphatic heterocycles. The van der Waals surface area contributed by atoms with Gasteiger partial charge in [-0.3, -0.25) is 4.79 Å². The standard InChI is InChI=1S/C14H19NO2/c1-3-14(16)15-11-7-8-12-10(9-11)5-4-6-13(12)17-2/h4-6,11H,3,7-9H2,1-2H3,(H,15,16). The van der Waals surface area contributed by atoms with Crippen LogP contribution in [-0.4, -0.2) is 19.1 Å². The van der Waals surface area contributed by atoms with Crippen LogP contribution in [0.15, 0.2) is 18.2 Å². The van der Waals surface area contributed by atoms with Gasteiger partial charge in [-0.05, 0) is 36.5 Å². The first-order valence-corrected chi connectivity index (χ1v) is 6.18. The number of hydrogen-bond donors (Lipinski definition) is 1. The molecule has 1 unspecified atom stereocenters. The Balaban J connectivity index is 2.11. The van der Waals surface area contributed by atoms with E-state index in [1.165, 1.54) is 11.1 Å². The van der Waals surface area contributed by atoms with Gasteiger partial charge in [0.05, 0.1) is 7.11 Å². The molecule has 3 heteroatoms. The van der Waals surface area contributed by atoms with Crippen molar-refractivity contribution in [2.75, 3.05) is 7.11 Å². The summed E-state index contributed by atoms with van der Waals surface area (Å²) in [4.78, 5) is 11.4. The number of carbonyl (C=O) groups is 1. The fourth-order valence-electron chi connectivity index (χ4n) is 2.42. The van der Waals surface area contributed by atoms with Gasteiger partial charge in [-0.2, -0.15) is 0 Å². The summed E-state index contributed by atoms with van der Waals surface area (Å²) in [5.41, 5.74) is 2.61. The number of amides is 1. The molecule has 0 spiro atoms. The molecule has 0 saturated heterocycles. The van der Waals surface area contributed by atoms with Crippen molar-refractivity contribution in [1.29, 1.82) is 0 Å². The zero-order valence-corrected chi connectivity index (χ0v) is 10.5. The Kier molecular flexibility index (Phi) is 3.67. The lowest BCUT2D eigenvalue weighted by atomic mass is 9.87. The molecule has 0 bridgehead atoms. The van der Waals surface area contributed by atoms with Crippen molar-refractivity contribution in [1.82, 2.24) is 5.32 Å². The fraction of sp³-hybridized carbons (Fsp3) is 0.500. The highest BCUT2D eigenvalue weighted by atomic mass is 16.5. The molecular formula is C14H19NO2. The van der Waals surface area contributed by atoms with Crippen LogP contribution in [0.4, 0.5) is 0 Å². The molecular weight excluding hydrogens is 214 g/mol. The molecule has 92 valence electrons. The third-order valence-electron chi connectivity index (χ3n) is 3.35. The van der Waals surface area contributed by atoms with Crippen molar-refractivity contribution in [3.8, 4) is 5.75 Å². The highest BCUT2D eigenvalue weighted by molar-refractivity contribution is 5.75. The Morgan fingerprint density at radius 2 is 2.35 bits per heavy atom. The second kappa shape index (κ2) is 5.21. The van der Waals surface area contributed by atoms with Crippen LogP contribution >= 0.6 is 0 Å². The van der Waals surface area contributed by atoms with E-state index in [9.17, 15) is 4.79 Å². The highest BCUT2D eigenvalue weighted by Gasteiger charge is 2.21. The molecule has 1 aromatic rings. The minimum Gasteiger partial charge on any atom is -0.496 e. The smallest absolute Gasteiger partial charge is 0.219 e. The molecule has 2 rings (SSSR count). The molecule has 0 aromatic heterocycles. The van der Waals surface area contributed by atoms with E-state index in [1.54, 1.807) is 7.11 Å². The van der Waals surface area contributed by atoms with Crippen LogP contribution in [0.2, 0.25) is 0 Å². The summed E-state index contributed by atoms with van der Waals surface area (Å²) in [6.07, 6.45) is 3.45. The molecule has 1 aliphatic rings. The fourth-order valence-corrected chi connectivity index (χ4v) is 2.42. The summed E-state index contributed by atoms with van der Waals surface area (Å²) in [5, 5.41) is 3.07. The van der Waals surface area contributed by atoms with Crippen LogP contribution in [0.3, 0.4) is 0 Å². The molecule has 17 heavy (non-hydrogen) atoms. The zero-order valence-electron chi connectivity index (χ0n) is 10.5. The number of nitrogens with one attached hydrogen (secondary N) is 1. The van der Waals surface area contributed by atoms with Gasteiger partial charge in [-0.15, -0.1) is 0 Å². The van der Waals surface area contributed by atoms with Crippen LogP contribution < -0.4 is 10.1 Å². The summed E-state index contributed by atoms with van der Waals surface area (Å²) in [6.45, 7) is 1.88. The van der Waals surface area contributed by atoms with E-state index in [1.807, 2.05) is 19.1 Å². The Labute approximate surface area is 102 Å². The first kappa shape index (κ1) is 12.0. The molecule has 1 atom stereocenters. The first-order valence-electron chi connectivity index (χ1n) is 6.18. The van der Waals surface area contributed by atoms with Gasteiger partial charge in [0.2, 0.25) is 5.91 Å². The molecule has 1 N–H and O–H groups in total. The average molecular weight is 233 g/mol. The van der Waals surface area contributed by atoms with Crippen LogP contribution in [-0.2, 0) is 17.6 Å². The summed E-state index contributed by atoms with van der Waals surface area (Å²) in [7, 11) is 1.71. The van der Waals surface area contributed by atoms with E-state index >= 15 is 0 Å². The number of carbonyl (C=O) groups excluding carboxylic acids is 1. The summed E-state index contributed by atoms with van der Waals surface area (Å²) in [5.74, 6) is 1.11. The first-order chi connectivity index (χ1) is 8.24. The Morgan fingerprint density at radius 1 is 1.53 bits per heavy atom. The quantitative estimate of drug-likeness (QED) is 0.868. The average Bonchev–Trinajstić information content (AvgIpc) is 2.37. The SMILES string of the molecule is CCC(=O)NC1CCc2c(cccc2OC)C1. The summed E-state index contributed by atoms with van der Waals surface area (Å²) < 4.78 is 5.36. The normalized spacial score (nSPS) is 18.4. The lowest BCUT2D eigenvalue weighted by Crippen LogP contribution is -2.38. The molecule has 1 aromatic carbocycles. The van der Waals surface area contributed by atoms with Gasteiger partial charge in [0.1, 0.15) is 5.75 Å². The van der Waals surface area contributed by atoms with E-state index in [0.717, 1.165) is 25.0 Å². The second-order valence-corrected chi connectivity index (χ2v) is 4.46. The molecule has 1 amide bonds. The number of methoxy groups -OCH3 is 1. The Hall–Kier alpha value is -1.51. The van der Waals surface area contributed by atoms with Crippen molar-refractivity contribution in [3.63, 3.8) is 0 Å². The van der Waals surface area contributed by atoms with E-state index < -0.39 is 0 Å². The number of ether oxygens (including phenoxy) is 1. The van der Waals surface area contributed by atoms with Gasteiger partial charge in [0, 0.05) is 12.5 Å². The number of fused-ring (bicyclic) bond motifs is 1. The van der Waals surface area contributed by atoms with Gasteiger partial charge in [-0.1, -0.05) is 19.1 Å². The highest BCUT2D eigenvalue weighted by Crippen LogP contribution is 2.29. The largest absolute Gasteiger partial charge is 0.496 e. The topological polar surface area (TPSA) is 38.3 Å². The van der Waals surface area contributed by atoms with Gasteiger partial charge >= 0.3 is 0 Å². The predicted octanol–water partition coefficient (Wildman–Crippen LogP) is 2.08. The van der Waals surface area contributed by atoms with Crippen LogP contribution in [0, 0.1) is 0 Å². The molecule has 0 heterocycles. The van der Waals surface area contributed by atoms with E-state index in [4.69, 9.17) is 4.74 Å². The predicted molar refractivity (Wildman–Crippen MR) is 67.2 cm³/mol. The number of rotatable bonds is 3. The van der Waals surface area contributed by atoms with E-state index in [2.05, 4.69) is 11.4 Å². The van der Waals surface area contributed by atoms with Crippen molar-refractivity contribution in [2.45, 2.75) is 38.6 Å². The van der Waals surface area contributed by atoms with Crippen molar-refractivity contribution in [3.05, 3.63) is 29.3 Å². The lowest BCUT2D eigenvalue weighted by Gasteiger charge is -2.26. The van der Waals surface area contributed by atoms with Gasteiger partial charge in [0.15, 0.2) is 0 Å². The van der Waals surface area contributed by atoms with Crippen LogP contribution in [0.1, 0.15) is 30.9 Å². The number of hydrogen-bond acceptors (Lipinski definition) is 2. The van der Waals surface area contributed by atoms with E-state index in [-0.39, 0.29) is 11.9 Å². The number of benzene rings is 1. The van der Waals surface area contributed by atoms with Gasteiger partial charge in [0.25, 0.3) is 0 Å². The third-order valence-corrected chi connectivity index (χ3v) is 3.35. The molecule has 0 radical (unpaired) electrons. The van der Waals surface area contributed by atoms with Crippen molar-refractivity contribution >= 4 is 5.91 Å². The Morgan fingerprint density at radius 3 is 3.06 bits per heavy atom. The molecule has 0 fully saturated rings. The Bertz CT molecular complexity index is 415. The van der Waals surface area contributed by atoms with Crippen LogP contribution in [0.5, 0.6) is 5.75 Å². The molecule has 3 nitrogen and oxygen atoms in total. The van der Waals surface area contributed by atoms with Crippen molar-refractivity contribution < 1.29 is 9.53 Å². The van der Waals surface area contributed by atoms with Gasteiger partial charge < -0.3 is 10.1 Å². The van der Waals surface area contributed by atoms with Crippen molar-refractivity contribution in [2.24, 2.45) is 0 Å². The third kappa shape index (κ3) is 2.60. The maximum absolute atomic E-state index is 11.4. The van der Waals surface area contributed by atoms with E-state index in [0.29, 0.717) is 6.42 Å². The zero-order chi connectivity index (χ0) is 12.3. The minimum atomic E-state index is 0.140.